The normalized spacial score (nSPS) is 11.5. The zero-order chi connectivity index (χ0) is 15.1. The van der Waals surface area contributed by atoms with Crippen molar-refractivity contribution in [2.45, 2.75) is 33.2 Å². The number of benzene rings is 1. The van der Waals surface area contributed by atoms with Gasteiger partial charge in [0.15, 0.2) is 11.5 Å². The van der Waals surface area contributed by atoms with Crippen molar-refractivity contribution in [3.05, 3.63) is 18.2 Å². The van der Waals surface area contributed by atoms with E-state index < -0.39 is 6.04 Å². The number of amides is 1. The van der Waals surface area contributed by atoms with Gasteiger partial charge in [-0.25, -0.2) is 0 Å². The molecule has 0 fully saturated rings. The van der Waals surface area contributed by atoms with Gasteiger partial charge in [0.2, 0.25) is 5.91 Å². The molecule has 0 saturated carbocycles. The van der Waals surface area contributed by atoms with E-state index in [9.17, 15) is 4.79 Å². The number of hydrogen-bond donors (Lipinski definition) is 2. The van der Waals surface area contributed by atoms with Crippen LogP contribution in [0.3, 0.4) is 0 Å². The van der Waals surface area contributed by atoms with Crippen LogP contribution >= 0.6 is 12.4 Å². The minimum absolute atomic E-state index is 0. The number of rotatable bonds is 7. The largest absolute Gasteiger partial charge is 0.493 e. The molecule has 0 aliphatic rings. The number of carbonyl (C=O) groups is 1. The summed E-state index contributed by atoms with van der Waals surface area (Å²) in [4.78, 5) is 12.0. The smallest absolute Gasteiger partial charge is 0.241 e. The highest BCUT2D eigenvalue weighted by Crippen LogP contribution is 2.30. The van der Waals surface area contributed by atoms with Crippen LogP contribution in [0, 0.1) is 5.92 Å². The lowest BCUT2D eigenvalue weighted by atomic mass is 10.0. The highest BCUT2D eigenvalue weighted by Gasteiger charge is 2.16. The first-order valence-electron chi connectivity index (χ1n) is 6.85. The van der Waals surface area contributed by atoms with Crippen LogP contribution in [0.15, 0.2) is 18.2 Å². The van der Waals surface area contributed by atoms with E-state index in [-0.39, 0.29) is 18.3 Å². The van der Waals surface area contributed by atoms with Crippen LogP contribution in [-0.4, -0.2) is 25.7 Å². The summed E-state index contributed by atoms with van der Waals surface area (Å²) < 4.78 is 10.7. The average Bonchev–Trinajstić information content (AvgIpc) is 2.38. The van der Waals surface area contributed by atoms with Gasteiger partial charge < -0.3 is 20.5 Å². The van der Waals surface area contributed by atoms with Crippen molar-refractivity contribution in [3.8, 4) is 11.5 Å². The second-order valence-corrected chi connectivity index (χ2v) is 5.02. The molecule has 5 nitrogen and oxygen atoms in total. The Kier molecular flexibility index (Phi) is 8.81. The molecular weight excluding hydrogens is 292 g/mol. The van der Waals surface area contributed by atoms with Gasteiger partial charge in [0.05, 0.1) is 19.8 Å². The predicted octanol–water partition coefficient (Wildman–Crippen LogP) is 2.83. The number of carbonyl (C=O) groups excluding carboxylic acids is 1. The van der Waals surface area contributed by atoms with Crippen molar-refractivity contribution in [1.29, 1.82) is 0 Å². The fourth-order valence-electron chi connectivity index (χ4n) is 1.87. The Morgan fingerprint density at radius 2 is 2.00 bits per heavy atom. The number of anilines is 1. The van der Waals surface area contributed by atoms with Gasteiger partial charge in [-0.05, 0) is 31.4 Å². The summed E-state index contributed by atoms with van der Waals surface area (Å²) in [7, 11) is 1.58. The van der Waals surface area contributed by atoms with E-state index in [4.69, 9.17) is 15.2 Å². The zero-order valence-electron chi connectivity index (χ0n) is 13.0. The van der Waals surface area contributed by atoms with E-state index in [1.165, 1.54) is 0 Å². The van der Waals surface area contributed by atoms with E-state index in [2.05, 4.69) is 5.32 Å². The average molecular weight is 317 g/mol. The minimum atomic E-state index is -0.507. The molecule has 1 rings (SSSR count). The molecule has 3 N–H and O–H groups in total. The van der Waals surface area contributed by atoms with Gasteiger partial charge in [-0.2, -0.15) is 0 Å². The molecule has 1 atom stereocenters. The van der Waals surface area contributed by atoms with Crippen molar-refractivity contribution < 1.29 is 14.3 Å². The molecule has 120 valence electrons. The molecule has 0 bridgehead atoms. The number of nitrogens with two attached hydrogens (primary N) is 1. The monoisotopic (exact) mass is 316 g/mol. The van der Waals surface area contributed by atoms with Gasteiger partial charge in [0.1, 0.15) is 0 Å². The Balaban J connectivity index is 0.00000400. The fraction of sp³-hybridized carbons (Fsp3) is 0.533. The van der Waals surface area contributed by atoms with Crippen molar-refractivity contribution in [3.63, 3.8) is 0 Å². The first kappa shape index (κ1) is 19.5. The van der Waals surface area contributed by atoms with Crippen LogP contribution < -0.4 is 20.5 Å². The maximum atomic E-state index is 12.0. The van der Waals surface area contributed by atoms with Gasteiger partial charge in [0, 0.05) is 11.8 Å². The summed E-state index contributed by atoms with van der Waals surface area (Å²) in [5, 5.41) is 2.80. The van der Waals surface area contributed by atoms with Gasteiger partial charge in [-0.3, -0.25) is 4.79 Å². The van der Waals surface area contributed by atoms with E-state index >= 15 is 0 Å². The second-order valence-electron chi connectivity index (χ2n) is 5.02. The van der Waals surface area contributed by atoms with E-state index in [1.54, 1.807) is 25.3 Å². The first-order chi connectivity index (χ1) is 9.47. The van der Waals surface area contributed by atoms with Crippen molar-refractivity contribution in [2.24, 2.45) is 11.7 Å². The molecular formula is C15H25ClN2O3. The van der Waals surface area contributed by atoms with Crippen molar-refractivity contribution in [2.75, 3.05) is 19.0 Å². The van der Waals surface area contributed by atoms with Crippen LogP contribution in [0.4, 0.5) is 5.69 Å². The molecule has 1 aromatic rings. The van der Waals surface area contributed by atoms with Gasteiger partial charge in [-0.15, -0.1) is 12.4 Å². The molecule has 1 amide bonds. The quantitative estimate of drug-likeness (QED) is 0.811. The predicted molar refractivity (Wildman–Crippen MR) is 87.5 cm³/mol. The van der Waals surface area contributed by atoms with Gasteiger partial charge >= 0.3 is 0 Å². The SMILES string of the molecule is CCOc1cc(NC(=O)[C@@H](N)CC(C)C)ccc1OC.Cl. The lowest BCUT2D eigenvalue weighted by molar-refractivity contribution is -0.117. The molecule has 6 heteroatoms. The highest BCUT2D eigenvalue weighted by atomic mass is 35.5. The number of nitrogens with one attached hydrogen (secondary N) is 1. The summed E-state index contributed by atoms with van der Waals surface area (Å²) in [5.74, 6) is 1.43. The Morgan fingerprint density at radius 3 is 2.52 bits per heavy atom. The van der Waals surface area contributed by atoms with Gasteiger partial charge in [0.25, 0.3) is 0 Å². The van der Waals surface area contributed by atoms with Crippen molar-refractivity contribution in [1.82, 2.24) is 0 Å². The molecule has 0 aliphatic heterocycles. The maximum absolute atomic E-state index is 12.0. The van der Waals surface area contributed by atoms with Crippen LogP contribution in [-0.2, 0) is 4.79 Å². The number of halogens is 1. The van der Waals surface area contributed by atoms with Crippen LogP contribution in [0.25, 0.3) is 0 Å². The lowest BCUT2D eigenvalue weighted by Crippen LogP contribution is -2.36. The minimum Gasteiger partial charge on any atom is -0.493 e. The Labute approximate surface area is 132 Å². The van der Waals surface area contributed by atoms with E-state index in [0.29, 0.717) is 36.1 Å². The van der Waals surface area contributed by atoms with Crippen LogP contribution in [0.1, 0.15) is 27.2 Å². The molecule has 1 aromatic carbocycles. The van der Waals surface area contributed by atoms with E-state index in [0.717, 1.165) is 0 Å². The zero-order valence-corrected chi connectivity index (χ0v) is 13.8. The van der Waals surface area contributed by atoms with Gasteiger partial charge in [-0.1, -0.05) is 13.8 Å². The summed E-state index contributed by atoms with van der Waals surface area (Å²) >= 11 is 0. The number of hydrogen-bond acceptors (Lipinski definition) is 4. The van der Waals surface area contributed by atoms with Crippen LogP contribution in [0.5, 0.6) is 11.5 Å². The molecule has 0 heterocycles. The van der Waals surface area contributed by atoms with Crippen molar-refractivity contribution >= 4 is 24.0 Å². The third kappa shape index (κ3) is 6.23. The molecule has 0 unspecified atom stereocenters. The molecule has 0 aliphatic carbocycles. The molecule has 0 radical (unpaired) electrons. The molecule has 0 spiro atoms. The Hall–Kier alpha value is -1.46. The van der Waals surface area contributed by atoms with E-state index in [1.807, 2.05) is 20.8 Å². The molecule has 21 heavy (non-hydrogen) atoms. The third-order valence-electron chi connectivity index (χ3n) is 2.79. The summed E-state index contributed by atoms with van der Waals surface area (Å²) in [5.41, 5.74) is 6.50. The topological polar surface area (TPSA) is 73.6 Å². The second kappa shape index (κ2) is 9.47. The number of methoxy groups -OCH3 is 1. The molecule has 0 aromatic heterocycles. The summed E-state index contributed by atoms with van der Waals surface area (Å²) in [6, 6.07) is 4.76. The first-order valence-corrected chi connectivity index (χ1v) is 6.85. The Bertz CT molecular complexity index is 453. The Morgan fingerprint density at radius 1 is 1.33 bits per heavy atom. The highest BCUT2D eigenvalue weighted by molar-refractivity contribution is 5.94. The third-order valence-corrected chi connectivity index (χ3v) is 2.79. The maximum Gasteiger partial charge on any atom is 0.241 e. The lowest BCUT2D eigenvalue weighted by Gasteiger charge is -2.15. The fourth-order valence-corrected chi connectivity index (χ4v) is 1.87. The van der Waals surface area contributed by atoms with Crippen LogP contribution in [0.2, 0.25) is 0 Å². The standard InChI is InChI=1S/C15H24N2O3.ClH/c1-5-20-14-9-11(6-7-13(14)19-4)17-15(18)12(16)8-10(2)3;/h6-7,9-10,12H,5,8,16H2,1-4H3,(H,17,18);1H/t12-;/m0./s1. The summed E-state index contributed by atoms with van der Waals surface area (Å²) in [6.07, 6.45) is 0.653. The summed E-state index contributed by atoms with van der Waals surface area (Å²) in [6.45, 7) is 6.49. The molecule has 0 saturated heterocycles. The number of ether oxygens (including phenoxy) is 2.